The van der Waals surface area contributed by atoms with E-state index in [1.165, 1.54) is 6.20 Å². The average molecular weight is 181 g/mol. The molecule has 0 bridgehead atoms. The van der Waals surface area contributed by atoms with Crippen LogP contribution in [0.5, 0.6) is 0 Å². The summed E-state index contributed by atoms with van der Waals surface area (Å²) in [5, 5.41) is 1.38. The molecule has 0 aromatic carbocycles. The highest BCUT2D eigenvalue weighted by Gasteiger charge is 2.02. The van der Waals surface area contributed by atoms with Crippen molar-refractivity contribution in [3.8, 4) is 0 Å². The number of pyridine rings is 1. The third-order valence-electron chi connectivity index (χ3n) is 1.64. The van der Waals surface area contributed by atoms with Crippen molar-refractivity contribution >= 4 is 28.8 Å². The van der Waals surface area contributed by atoms with Crippen molar-refractivity contribution in [3.05, 3.63) is 29.2 Å². The normalized spacial score (nSPS) is 10.4. The number of aldehydes is 1. The Balaban J connectivity index is 2.82. The van der Waals surface area contributed by atoms with Crippen LogP contribution in [0.25, 0.3) is 10.9 Å². The van der Waals surface area contributed by atoms with Gasteiger partial charge in [0.05, 0.1) is 16.2 Å². The summed E-state index contributed by atoms with van der Waals surface area (Å²) in [5.74, 6) is 0. The number of carbonyl (C=O) groups is 1. The second-order valence-corrected chi connectivity index (χ2v) is 2.84. The molecule has 60 valence electrons. The molecule has 0 aliphatic carbocycles. The highest BCUT2D eigenvalue weighted by molar-refractivity contribution is 6.34. The van der Waals surface area contributed by atoms with E-state index in [-0.39, 0.29) is 0 Å². The Morgan fingerprint density at radius 2 is 2.33 bits per heavy atom. The summed E-state index contributed by atoms with van der Waals surface area (Å²) in [5.41, 5.74) is 1.27. The number of halogens is 1. The van der Waals surface area contributed by atoms with Gasteiger partial charge in [0.2, 0.25) is 0 Å². The number of rotatable bonds is 1. The number of aromatic nitrogens is 2. The highest BCUT2D eigenvalue weighted by Crippen LogP contribution is 2.21. The number of nitrogens with zero attached hydrogens (tertiary/aromatic N) is 1. The second kappa shape index (κ2) is 2.60. The number of nitrogens with one attached hydrogen (secondary N) is 1. The zero-order valence-electron chi connectivity index (χ0n) is 6.04. The molecule has 0 atom stereocenters. The predicted molar refractivity (Wildman–Crippen MR) is 46.5 cm³/mol. The Morgan fingerprint density at radius 1 is 1.50 bits per heavy atom. The van der Waals surface area contributed by atoms with Crippen molar-refractivity contribution in [1.29, 1.82) is 0 Å². The molecular formula is C8H5ClN2O. The number of hydrogen-bond donors (Lipinski definition) is 1. The van der Waals surface area contributed by atoms with E-state index in [2.05, 4.69) is 9.97 Å². The van der Waals surface area contributed by atoms with Crippen LogP contribution in [0.3, 0.4) is 0 Å². The maximum Gasteiger partial charge on any atom is 0.166 e. The van der Waals surface area contributed by atoms with E-state index < -0.39 is 0 Å². The molecule has 0 saturated heterocycles. The van der Waals surface area contributed by atoms with Gasteiger partial charge in [-0.25, -0.2) is 0 Å². The van der Waals surface area contributed by atoms with Gasteiger partial charge >= 0.3 is 0 Å². The fourth-order valence-electron chi connectivity index (χ4n) is 1.10. The smallest absolute Gasteiger partial charge is 0.166 e. The molecule has 0 aliphatic rings. The van der Waals surface area contributed by atoms with E-state index >= 15 is 0 Å². The van der Waals surface area contributed by atoms with Gasteiger partial charge in [-0.2, -0.15) is 0 Å². The van der Waals surface area contributed by atoms with Crippen LogP contribution < -0.4 is 0 Å². The first-order chi connectivity index (χ1) is 5.81. The molecule has 12 heavy (non-hydrogen) atoms. The Morgan fingerprint density at radius 3 is 3.00 bits per heavy atom. The molecular weight excluding hydrogens is 176 g/mol. The quantitative estimate of drug-likeness (QED) is 0.683. The lowest BCUT2D eigenvalue weighted by Crippen LogP contribution is -1.76. The Bertz CT molecular complexity index is 436. The minimum Gasteiger partial charge on any atom is -0.351 e. The molecule has 2 aromatic heterocycles. The zero-order chi connectivity index (χ0) is 8.55. The summed E-state index contributed by atoms with van der Waals surface area (Å²) in [6.45, 7) is 0. The van der Waals surface area contributed by atoms with Gasteiger partial charge in [-0.15, -0.1) is 0 Å². The molecule has 0 fully saturated rings. The van der Waals surface area contributed by atoms with Crippen LogP contribution >= 0.6 is 11.6 Å². The minimum atomic E-state index is 0.514. The van der Waals surface area contributed by atoms with Crippen molar-refractivity contribution in [2.45, 2.75) is 0 Å². The standard InChI is InChI=1S/C8H5ClN2O/c9-7-3-10-2-5-1-6(4-12)11-8(5)7/h1-4,11H. The number of aromatic amines is 1. The van der Waals surface area contributed by atoms with Gasteiger partial charge in [-0.1, -0.05) is 11.6 Å². The van der Waals surface area contributed by atoms with Gasteiger partial charge in [0.1, 0.15) is 0 Å². The Labute approximate surface area is 73.4 Å². The molecule has 4 heteroatoms. The van der Waals surface area contributed by atoms with E-state index in [1.807, 2.05) is 0 Å². The van der Waals surface area contributed by atoms with E-state index in [4.69, 9.17) is 11.6 Å². The van der Waals surface area contributed by atoms with Gasteiger partial charge in [0, 0.05) is 17.8 Å². The van der Waals surface area contributed by atoms with Crippen molar-refractivity contribution in [1.82, 2.24) is 9.97 Å². The first kappa shape index (κ1) is 7.31. The Kier molecular flexibility index (Phi) is 1.59. The van der Waals surface area contributed by atoms with Crippen LogP contribution in [-0.4, -0.2) is 16.3 Å². The number of hydrogen-bond acceptors (Lipinski definition) is 2. The van der Waals surface area contributed by atoms with Gasteiger partial charge < -0.3 is 4.98 Å². The van der Waals surface area contributed by atoms with Crippen molar-refractivity contribution < 1.29 is 4.79 Å². The van der Waals surface area contributed by atoms with E-state index in [1.54, 1.807) is 12.3 Å². The van der Waals surface area contributed by atoms with Crippen LogP contribution in [-0.2, 0) is 0 Å². The molecule has 2 heterocycles. The van der Waals surface area contributed by atoms with Crippen LogP contribution in [0, 0.1) is 0 Å². The molecule has 0 amide bonds. The fourth-order valence-corrected chi connectivity index (χ4v) is 1.32. The molecule has 2 aromatic rings. The Hall–Kier alpha value is -1.35. The molecule has 2 rings (SSSR count). The third kappa shape index (κ3) is 0.987. The lowest BCUT2D eigenvalue weighted by molar-refractivity contribution is 0.112. The van der Waals surface area contributed by atoms with E-state index in [9.17, 15) is 4.79 Å². The SMILES string of the molecule is O=Cc1cc2cncc(Cl)c2[nH]1. The van der Waals surface area contributed by atoms with E-state index in [0.717, 1.165) is 17.2 Å². The summed E-state index contributed by atoms with van der Waals surface area (Å²) in [6, 6.07) is 1.71. The second-order valence-electron chi connectivity index (χ2n) is 2.43. The summed E-state index contributed by atoms with van der Waals surface area (Å²) in [4.78, 5) is 17.2. The van der Waals surface area contributed by atoms with Crippen molar-refractivity contribution in [3.63, 3.8) is 0 Å². The van der Waals surface area contributed by atoms with Crippen LogP contribution in [0.4, 0.5) is 0 Å². The lowest BCUT2D eigenvalue weighted by Gasteiger charge is -1.89. The predicted octanol–water partition coefficient (Wildman–Crippen LogP) is 2.03. The number of H-pyrrole nitrogens is 1. The molecule has 0 aliphatic heterocycles. The maximum atomic E-state index is 10.4. The topological polar surface area (TPSA) is 45.8 Å². The zero-order valence-corrected chi connectivity index (χ0v) is 6.80. The molecule has 1 N–H and O–H groups in total. The van der Waals surface area contributed by atoms with Crippen molar-refractivity contribution in [2.75, 3.05) is 0 Å². The number of carbonyl (C=O) groups excluding carboxylic acids is 1. The van der Waals surface area contributed by atoms with E-state index in [0.29, 0.717) is 10.7 Å². The molecule has 0 unspecified atom stereocenters. The lowest BCUT2D eigenvalue weighted by atomic mass is 10.3. The van der Waals surface area contributed by atoms with Crippen LogP contribution in [0.15, 0.2) is 18.5 Å². The minimum absolute atomic E-state index is 0.514. The molecule has 3 nitrogen and oxygen atoms in total. The maximum absolute atomic E-state index is 10.4. The summed E-state index contributed by atoms with van der Waals surface area (Å²) >= 11 is 5.82. The van der Waals surface area contributed by atoms with Gasteiger partial charge in [0.15, 0.2) is 6.29 Å². The first-order valence-corrected chi connectivity index (χ1v) is 3.76. The number of fused-ring (bicyclic) bond motifs is 1. The molecule has 0 spiro atoms. The first-order valence-electron chi connectivity index (χ1n) is 3.38. The molecule has 0 saturated carbocycles. The van der Waals surface area contributed by atoms with Gasteiger partial charge in [-0.05, 0) is 6.07 Å². The monoisotopic (exact) mass is 180 g/mol. The highest BCUT2D eigenvalue weighted by atomic mass is 35.5. The largest absolute Gasteiger partial charge is 0.351 e. The summed E-state index contributed by atoms with van der Waals surface area (Å²) in [7, 11) is 0. The van der Waals surface area contributed by atoms with Gasteiger partial charge in [-0.3, -0.25) is 9.78 Å². The fraction of sp³-hybridized carbons (Fsp3) is 0. The average Bonchev–Trinajstić information content (AvgIpc) is 2.49. The molecule has 0 radical (unpaired) electrons. The van der Waals surface area contributed by atoms with Crippen molar-refractivity contribution in [2.24, 2.45) is 0 Å². The van der Waals surface area contributed by atoms with Crippen LogP contribution in [0.2, 0.25) is 5.02 Å². The van der Waals surface area contributed by atoms with Gasteiger partial charge in [0.25, 0.3) is 0 Å². The van der Waals surface area contributed by atoms with Crippen LogP contribution in [0.1, 0.15) is 10.5 Å². The third-order valence-corrected chi connectivity index (χ3v) is 1.92. The summed E-state index contributed by atoms with van der Waals surface area (Å²) in [6.07, 6.45) is 3.94. The summed E-state index contributed by atoms with van der Waals surface area (Å²) < 4.78 is 0.